The average Bonchev–Trinajstić information content (AvgIpc) is 2.29. The molecular weight excluding hydrogens is 340 g/mol. The fourth-order valence-corrected chi connectivity index (χ4v) is 3.91. The summed E-state index contributed by atoms with van der Waals surface area (Å²) in [6, 6.07) is 6.54. The Morgan fingerprint density at radius 3 is 2.67 bits per heavy atom. The Hall–Kier alpha value is -0.610. The summed E-state index contributed by atoms with van der Waals surface area (Å²) in [5.41, 5.74) is 0. The summed E-state index contributed by atoms with van der Waals surface area (Å²) in [5.74, 6) is 0. The van der Waals surface area contributed by atoms with Gasteiger partial charge in [-0.3, -0.25) is 0 Å². The van der Waals surface area contributed by atoms with E-state index in [2.05, 4.69) is 15.9 Å². The summed E-state index contributed by atoms with van der Waals surface area (Å²) in [6.07, 6.45) is 0.154. The highest BCUT2D eigenvalue weighted by molar-refractivity contribution is 9.10. The monoisotopic (exact) mass is 350 g/mol. The van der Waals surface area contributed by atoms with E-state index < -0.39 is 10.0 Å². The Morgan fingerprint density at radius 1 is 1.50 bits per heavy atom. The quantitative estimate of drug-likeness (QED) is 0.819. The maximum absolute atomic E-state index is 12.3. The third kappa shape index (κ3) is 3.45. The molecule has 0 fully saturated rings. The zero-order valence-electron chi connectivity index (χ0n) is 9.73. The first-order valence-corrected chi connectivity index (χ1v) is 7.86. The van der Waals surface area contributed by atoms with Crippen LogP contribution in [0.25, 0.3) is 0 Å². The first-order valence-electron chi connectivity index (χ1n) is 5.25. The second-order valence-corrected chi connectivity index (χ2v) is 6.71. The van der Waals surface area contributed by atoms with Gasteiger partial charge in [0.1, 0.15) is 4.90 Å². The van der Waals surface area contributed by atoms with Gasteiger partial charge >= 0.3 is 0 Å². The van der Waals surface area contributed by atoms with E-state index in [1.807, 2.05) is 6.07 Å². The number of rotatable bonds is 5. The summed E-state index contributed by atoms with van der Waals surface area (Å²) in [6.45, 7) is 2.19. The van der Waals surface area contributed by atoms with Crippen molar-refractivity contribution in [2.24, 2.45) is 0 Å². The van der Waals surface area contributed by atoms with Crippen LogP contribution in [0.5, 0.6) is 0 Å². The van der Waals surface area contributed by atoms with Gasteiger partial charge in [0.2, 0.25) is 10.0 Å². The molecule has 1 rings (SSSR count). The molecule has 98 valence electrons. The highest BCUT2D eigenvalue weighted by atomic mass is 79.9. The predicted octanol–water partition coefficient (Wildman–Crippen LogP) is 3.03. The largest absolute Gasteiger partial charge is 0.244 e. The van der Waals surface area contributed by atoms with Crippen molar-refractivity contribution in [1.29, 1.82) is 5.26 Å². The van der Waals surface area contributed by atoms with Crippen molar-refractivity contribution in [2.75, 3.05) is 13.1 Å². The number of benzene rings is 1. The molecule has 0 bridgehead atoms. The highest BCUT2D eigenvalue weighted by Gasteiger charge is 2.25. The molecule has 18 heavy (non-hydrogen) atoms. The minimum Gasteiger partial charge on any atom is -0.207 e. The van der Waals surface area contributed by atoms with Gasteiger partial charge in [0, 0.05) is 24.0 Å². The van der Waals surface area contributed by atoms with Gasteiger partial charge in [-0.2, -0.15) is 9.57 Å². The number of nitriles is 1. The van der Waals surface area contributed by atoms with Crippen LogP contribution in [0.1, 0.15) is 13.3 Å². The van der Waals surface area contributed by atoms with Crippen LogP contribution in [-0.2, 0) is 10.0 Å². The number of sulfonamides is 1. The number of hydrogen-bond donors (Lipinski definition) is 0. The zero-order valence-corrected chi connectivity index (χ0v) is 12.9. The van der Waals surface area contributed by atoms with Crippen molar-refractivity contribution >= 4 is 37.6 Å². The van der Waals surface area contributed by atoms with Crippen LogP contribution < -0.4 is 0 Å². The zero-order chi connectivity index (χ0) is 13.8. The highest BCUT2D eigenvalue weighted by Crippen LogP contribution is 2.27. The molecule has 1 aromatic rings. The minimum atomic E-state index is -3.64. The standard InChI is InChI=1S/C11H12BrClN2O2S/c1-2-15(7-3-6-14)18(16,17)11-5-4-9(12)8-10(11)13/h4-5,8H,2-3,7H2,1H3. The molecule has 0 saturated heterocycles. The van der Waals surface area contributed by atoms with E-state index in [1.165, 1.54) is 16.4 Å². The van der Waals surface area contributed by atoms with Crippen molar-refractivity contribution in [3.8, 4) is 6.07 Å². The summed E-state index contributed by atoms with van der Waals surface area (Å²) in [5, 5.41) is 8.70. The molecule has 0 aliphatic rings. The lowest BCUT2D eigenvalue weighted by Crippen LogP contribution is -2.31. The maximum Gasteiger partial charge on any atom is 0.244 e. The van der Waals surface area contributed by atoms with Crippen molar-refractivity contribution in [3.05, 3.63) is 27.7 Å². The van der Waals surface area contributed by atoms with Crippen molar-refractivity contribution in [3.63, 3.8) is 0 Å². The lowest BCUT2D eigenvalue weighted by atomic mass is 10.4. The lowest BCUT2D eigenvalue weighted by Gasteiger charge is -2.19. The molecule has 0 spiro atoms. The topological polar surface area (TPSA) is 61.2 Å². The molecule has 0 unspecified atom stereocenters. The Morgan fingerprint density at radius 2 is 2.17 bits per heavy atom. The molecule has 0 aromatic heterocycles. The summed E-state index contributed by atoms with van der Waals surface area (Å²) >= 11 is 9.17. The molecule has 0 amide bonds. The third-order valence-electron chi connectivity index (χ3n) is 2.34. The minimum absolute atomic E-state index is 0.0622. The van der Waals surface area contributed by atoms with E-state index in [9.17, 15) is 8.42 Å². The number of nitrogens with zero attached hydrogens (tertiary/aromatic N) is 2. The Labute approximate surface area is 120 Å². The van der Waals surface area contributed by atoms with Gasteiger partial charge in [-0.15, -0.1) is 0 Å². The predicted molar refractivity (Wildman–Crippen MR) is 73.8 cm³/mol. The Bertz CT molecular complexity index is 569. The Kier molecular flexibility index (Phi) is 5.60. The molecule has 0 saturated carbocycles. The van der Waals surface area contributed by atoms with Gasteiger partial charge in [-0.05, 0) is 18.2 Å². The fourth-order valence-electron chi connectivity index (χ4n) is 1.45. The second-order valence-electron chi connectivity index (χ2n) is 3.48. The van der Waals surface area contributed by atoms with Crippen LogP contribution in [0.3, 0.4) is 0 Å². The van der Waals surface area contributed by atoms with E-state index in [0.717, 1.165) is 0 Å². The molecule has 4 nitrogen and oxygen atoms in total. The van der Waals surface area contributed by atoms with E-state index in [1.54, 1.807) is 13.0 Å². The molecule has 7 heteroatoms. The van der Waals surface area contributed by atoms with Crippen LogP contribution >= 0.6 is 27.5 Å². The first-order chi connectivity index (χ1) is 8.43. The summed E-state index contributed by atoms with van der Waals surface area (Å²) < 4.78 is 26.6. The Balaban J connectivity index is 3.15. The second kappa shape index (κ2) is 6.53. The lowest BCUT2D eigenvalue weighted by molar-refractivity contribution is 0.435. The van der Waals surface area contributed by atoms with Crippen molar-refractivity contribution in [1.82, 2.24) is 4.31 Å². The van der Waals surface area contributed by atoms with Gasteiger partial charge in [0.15, 0.2) is 0 Å². The molecule has 0 atom stereocenters. The van der Waals surface area contributed by atoms with Crippen LogP contribution in [0, 0.1) is 11.3 Å². The van der Waals surface area contributed by atoms with Gasteiger partial charge < -0.3 is 0 Å². The summed E-state index contributed by atoms with van der Waals surface area (Å²) in [4.78, 5) is 0.0622. The number of hydrogen-bond acceptors (Lipinski definition) is 3. The molecule has 0 heterocycles. The van der Waals surface area contributed by atoms with E-state index in [4.69, 9.17) is 16.9 Å². The molecule has 1 aromatic carbocycles. The first kappa shape index (κ1) is 15.4. The van der Waals surface area contributed by atoms with E-state index in [0.29, 0.717) is 11.0 Å². The van der Waals surface area contributed by atoms with Gasteiger partial charge in [0.25, 0.3) is 0 Å². The van der Waals surface area contributed by atoms with Gasteiger partial charge in [-0.1, -0.05) is 34.5 Å². The summed E-state index contributed by atoms with van der Waals surface area (Å²) in [7, 11) is -3.64. The van der Waals surface area contributed by atoms with Crippen LogP contribution in [0.15, 0.2) is 27.6 Å². The van der Waals surface area contributed by atoms with Crippen LogP contribution in [0.2, 0.25) is 5.02 Å². The third-order valence-corrected chi connectivity index (χ3v) is 5.29. The fraction of sp³-hybridized carbons (Fsp3) is 0.364. The number of halogens is 2. The smallest absolute Gasteiger partial charge is 0.207 e. The van der Waals surface area contributed by atoms with Crippen LogP contribution in [0.4, 0.5) is 0 Å². The molecule has 0 radical (unpaired) electrons. The van der Waals surface area contributed by atoms with E-state index in [-0.39, 0.29) is 22.9 Å². The van der Waals surface area contributed by atoms with Gasteiger partial charge in [0.05, 0.1) is 11.1 Å². The SMILES string of the molecule is CCN(CCC#N)S(=O)(=O)c1ccc(Br)cc1Cl. The molecular formula is C11H12BrClN2O2S. The molecule has 0 N–H and O–H groups in total. The normalized spacial score (nSPS) is 11.5. The molecule has 0 aliphatic heterocycles. The van der Waals surface area contributed by atoms with Crippen molar-refractivity contribution in [2.45, 2.75) is 18.2 Å². The average molecular weight is 352 g/mol. The van der Waals surface area contributed by atoms with Crippen molar-refractivity contribution < 1.29 is 8.42 Å². The van der Waals surface area contributed by atoms with Gasteiger partial charge in [-0.25, -0.2) is 8.42 Å². The molecule has 0 aliphatic carbocycles. The van der Waals surface area contributed by atoms with E-state index >= 15 is 0 Å². The van der Waals surface area contributed by atoms with Crippen LogP contribution in [-0.4, -0.2) is 25.8 Å². The maximum atomic E-state index is 12.3.